The van der Waals surface area contributed by atoms with Gasteiger partial charge in [0.15, 0.2) is 0 Å². The highest BCUT2D eigenvalue weighted by Gasteiger charge is 2.23. The van der Waals surface area contributed by atoms with E-state index in [-0.39, 0.29) is 5.92 Å². The van der Waals surface area contributed by atoms with Crippen molar-refractivity contribution in [3.8, 4) is 5.88 Å². The average Bonchev–Trinajstić information content (AvgIpc) is 2.42. The molecule has 7 heteroatoms. The molecular formula is C14H25N2O3PS. The fourth-order valence-corrected chi connectivity index (χ4v) is 3.47. The fraction of sp³-hybridized carbons (Fsp3) is 0.714. The van der Waals surface area contributed by atoms with Crippen LogP contribution in [0.5, 0.6) is 5.88 Å². The lowest BCUT2D eigenvalue weighted by atomic mass is 10.2. The number of aryl methyl sites for hydroxylation is 1. The lowest BCUT2D eigenvalue weighted by molar-refractivity contribution is 0.200. The van der Waals surface area contributed by atoms with Crippen LogP contribution in [0.2, 0.25) is 0 Å². The third kappa shape index (κ3) is 6.39. The van der Waals surface area contributed by atoms with E-state index in [2.05, 4.69) is 9.97 Å². The molecule has 0 spiro atoms. The maximum Gasteiger partial charge on any atom is 0.381 e. The van der Waals surface area contributed by atoms with Crippen LogP contribution in [0, 0.1) is 6.92 Å². The summed E-state index contributed by atoms with van der Waals surface area (Å²) in [5, 5.41) is 0. The molecule has 0 aliphatic rings. The Morgan fingerprint density at radius 3 is 2.19 bits per heavy atom. The summed E-state index contributed by atoms with van der Waals surface area (Å²) < 4.78 is 17.1. The minimum absolute atomic E-state index is 0.221. The number of rotatable bonds is 9. The third-order valence-corrected chi connectivity index (χ3v) is 4.74. The normalized spacial score (nSPS) is 11.9. The molecule has 1 heterocycles. The smallest absolute Gasteiger partial charge is 0.381 e. The van der Waals surface area contributed by atoms with E-state index in [9.17, 15) is 0 Å². The second-order valence-electron chi connectivity index (χ2n) is 5.07. The van der Waals surface area contributed by atoms with Gasteiger partial charge in [-0.3, -0.25) is 9.05 Å². The Balaban J connectivity index is 2.94. The Labute approximate surface area is 132 Å². The van der Waals surface area contributed by atoms with Crippen LogP contribution in [0.4, 0.5) is 0 Å². The summed E-state index contributed by atoms with van der Waals surface area (Å²) in [4.78, 5) is 8.80. The topological polar surface area (TPSA) is 53.5 Å². The van der Waals surface area contributed by atoms with Crippen molar-refractivity contribution >= 4 is 18.5 Å². The van der Waals surface area contributed by atoms with E-state index in [1.807, 2.05) is 34.6 Å². The fourth-order valence-electron chi connectivity index (χ4n) is 1.48. The molecule has 0 N–H and O–H groups in total. The monoisotopic (exact) mass is 332 g/mol. The summed E-state index contributed by atoms with van der Waals surface area (Å²) in [5.41, 5.74) is 0.844. The van der Waals surface area contributed by atoms with Gasteiger partial charge >= 0.3 is 6.72 Å². The lowest BCUT2D eigenvalue weighted by Gasteiger charge is -2.22. The third-order valence-electron chi connectivity index (χ3n) is 2.48. The van der Waals surface area contributed by atoms with Gasteiger partial charge in [0.2, 0.25) is 5.88 Å². The molecule has 0 saturated carbocycles. The van der Waals surface area contributed by atoms with Gasteiger partial charge in [-0.1, -0.05) is 27.7 Å². The van der Waals surface area contributed by atoms with Crippen molar-refractivity contribution in [3.63, 3.8) is 0 Å². The molecule has 1 rings (SSSR count). The second-order valence-corrected chi connectivity index (χ2v) is 8.00. The minimum Gasteiger partial charge on any atom is -0.406 e. The van der Waals surface area contributed by atoms with E-state index < -0.39 is 6.72 Å². The highest BCUT2D eigenvalue weighted by molar-refractivity contribution is 8.07. The van der Waals surface area contributed by atoms with Crippen molar-refractivity contribution in [2.45, 2.75) is 53.4 Å². The number of hydrogen-bond donors (Lipinski definition) is 0. The SMILES string of the molecule is CCCOP(=S)(OCCC)Oc1cc(C)nc(C(C)C)n1. The van der Waals surface area contributed by atoms with Crippen molar-refractivity contribution in [1.29, 1.82) is 0 Å². The second kappa shape index (κ2) is 8.79. The molecule has 0 bridgehead atoms. The van der Waals surface area contributed by atoms with E-state index in [0.29, 0.717) is 19.1 Å². The van der Waals surface area contributed by atoms with Crippen LogP contribution >= 0.6 is 6.72 Å². The van der Waals surface area contributed by atoms with Gasteiger partial charge in [0.25, 0.3) is 0 Å². The zero-order valence-corrected chi connectivity index (χ0v) is 15.2. The molecule has 1 aromatic rings. The summed E-state index contributed by atoms with van der Waals surface area (Å²) in [6.45, 7) is 8.25. The molecule has 0 aromatic carbocycles. The van der Waals surface area contributed by atoms with Crippen molar-refractivity contribution < 1.29 is 13.6 Å². The molecule has 0 aliphatic carbocycles. The Hall–Kier alpha value is -0.550. The molecule has 0 atom stereocenters. The Bertz CT molecular complexity index is 485. The first kappa shape index (κ1) is 18.5. The molecule has 1 aromatic heterocycles. The predicted octanol–water partition coefficient (Wildman–Crippen LogP) is 4.36. The molecular weight excluding hydrogens is 307 g/mol. The highest BCUT2D eigenvalue weighted by Crippen LogP contribution is 2.49. The molecule has 0 fully saturated rings. The summed E-state index contributed by atoms with van der Waals surface area (Å²) in [5.74, 6) is 1.39. The van der Waals surface area contributed by atoms with Gasteiger partial charge in [-0.05, 0) is 19.8 Å². The van der Waals surface area contributed by atoms with E-state index in [4.69, 9.17) is 25.4 Å². The molecule has 5 nitrogen and oxygen atoms in total. The van der Waals surface area contributed by atoms with Gasteiger partial charge in [-0.15, -0.1) is 0 Å². The predicted molar refractivity (Wildman–Crippen MR) is 88.3 cm³/mol. The lowest BCUT2D eigenvalue weighted by Crippen LogP contribution is -2.07. The summed E-state index contributed by atoms with van der Waals surface area (Å²) in [6, 6.07) is 1.76. The van der Waals surface area contributed by atoms with Crippen LogP contribution in [-0.4, -0.2) is 23.2 Å². The molecule has 0 saturated heterocycles. The minimum atomic E-state index is -2.80. The van der Waals surface area contributed by atoms with E-state index in [1.54, 1.807) is 6.07 Å². The zero-order chi connectivity index (χ0) is 15.9. The first-order chi connectivity index (χ1) is 9.90. The van der Waals surface area contributed by atoms with Crippen LogP contribution in [0.25, 0.3) is 0 Å². The quantitative estimate of drug-likeness (QED) is 0.626. The Kier molecular flexibility index (Phi) is 7.74. The van der Waals surface area contributed by atoms with Crippen LogP contribution < -0.4 is 4.52 Å². The van der Waals surface area contributed by atoms with Gasteiger partial charge in [0.05, 0.1) is 13.2 Å². The highest BCUT2D eigenvalue weighted by atomic mass is 32.5. The van der Waals surface area contributed by atoms with E-state index in [0.717, 1.165) is 24.4 Å². The Morgan fingerprint density at radius 2 is 1.71 bits per heavy atom. The van der Waals surface area contributed by atoms with Gasteiger partial charge in [0.1, 0.15) is 5.82 Å². The number of hydrogen-bond acceptors (Lipinski definition) is 6. The van der Waals surface area contributed by atoms with E-state index in [1.165, 1.54) is 0 Å². The molecule has 0 radical (unpaired) electrons. The van der Waals surface area contributed by atoms with Gasteiger partial charge in [-0.2, -0.15) is 4.98 Å². The molecule has 0 unspecified atom stereocenters. The van der Waals surface area contributed by atoms with Crippen LogP contribution in [0.15, 0.2) is 6.07 Å². The zero-order valence-electron chi connectivity index (χ0n) is 13.5. The van der Waals surface area contributed by atoms with Crippen molar-refractivity contribution in [3.05, 3.63) is 17.6 Å². The maximum absolute atomic E-state index is 5.81. The number of aromatic nitrogens is 2. The Morgan fingerprint density at radius 1 is 1.14 bits per heavy atom. The number of nitrogens with zero attached hydrogens (tertiary/aromatic N) is 2. The van der Waals surface area contributed by atoms with Gasteiger partial charge in [0, 0.05) is 29.5 Å². The summed E-state index contributed by atoms with van der Waals surface area (Å²) in [7, 11) is 0. The molecule has 120 valence electrons. The van der Waals surface area contributed by atoms with Crippen LogP contribution in [0.1, 0.15) is 58.0 Å². The average molecular weight is 332 g/mol. The maximum atomic E-state index is 5.81. The molecule has 0 amide bonds. The van der Waals surface area contributed by atoms with Crippen molar-refractivity contribution in [1.82, 2.24) is 9.97 Å². The van der Waals surface area contributed by atoms with Gasteiger partial charge in [-0.25, -0.2) is 4.98 Å². The van der Waals surface area contributed by atoms with Crippen molar-refractivity contribution in [2.24, 2.45) is 0 Å². The summed E-state index contributed by atoms with van der Waals surface area (Å²) in [6.07, 6.45) is 1.72. The van der Waals surface area contributed by atoms with Crippen LogP contribution in [0.3, 0.4) is 0 Å². The molecule has 0 aliphatic heterocycles. The first-order valence-electron chi connectivity index (χ1n) is 7.34. The standard InChI is InChI=1S/C14H25N2O3PS/c1-6-8-17-20(21,18-9-7-2)19-13-10-12(5)15-14(16-13)11(3)4/h10-11H,6-9H2,1-5H3. The van der Waals surface area contributed by atoms with Crippen molar-refractivity contribution in [2.75, 3.05) is 13.2 Å². The van der Waals surface area contributed by atoms with Gasteiger partial charge < -0.3 is 4.52 Å². The van der Waals surface area contributed by atoms with Crippen LogP contribution in [-0.2, 0) is 20.9 Å². The van der Waals surface area contributed by atoms with E-state index >= 15 is 0 Å². The first-order valence-corrected chi connectivity index (χ1v) is 9.90. The largest absolute Gasteiger partial charge is 0.406 e. The molecule has 21 heavy (non-hydrogen) atoms. The summed E-state index contributed by atoms with van der Waals surface area (Å²) >= 11 is 5.45.